The second-order valence-electron chi connectivity index (χ2n) is 12.7. The predicted molar refractivity (Wildman–Crippen MR) is 189 cm³/mol. The number of methoxy groups -OCH3 is 1. The van der Waals surface area contributed by atoms with E-state index < -0.39 is 10.8 Å². The van der Waals surface area contributed by atoms with Gasteiger partial charge in [-0.05, 0) is 81.2 Å². The third-order valence-electron chi connectivity index (χ3n) is 9.49. The number of hydrogen-bond donors (Lipinski definition) is 0. The first-order chi connectivity index (χ1) is 23.7. The average molecular weight is 663 g/mol. The SMILES string of the molecule is C=CC[C@]1(CCC(=O)OC)CCCN(C(=O)c2ccccc2)C1=O.C=CC[C@]1(Cc2ccccc2)CCCN(C(=O)c2ccccc2)C1=O. The zero-order valence-electron chi connectivity index (χ0n) is 28.4. The van der Waals surface area contributed by atoms with E-state index in [1.54, 1.807) is 48.6 Å². The number of allylic oxidation sites excluding steroid dienone is 2. The summed E-state index contributed by atoms with van der Waals surface area (Å²) >= 11 is 0. The Hall–Kier alpha value is -5.11. The number of carbonyl (C=O) groups excluding carboxylic acids is 5. The molecule has 0 aliphatic carbocycles. The van der Waals surface area contributed by atoms with Gasteiger partial charge in [-0.25, -0.2) is 0 Å². The maximum Gasteiger partial charge on any atom is 0.305 e. The molecule has 0 aromatic heterocycles. The van der Waals surface area contributed by atoms with Crippen LogP contribution < -0.4 is 0 Å². The highest BCUT2D eigenvalue weighted by Crippen LogP contribution is 2.41. The Bertz CT molecular complexity index is 1620. The molecule has 2 heterocycles. The predicted octanol–water partition coefficient (Wildman–Crippen LogP) is 7.22. The summed E-state index contributed by atoms with van der Waals surface area (Å²) in [5.41, 5.74) is 0.842. The smallest absolute Gasteiger partial charge is 0.305 e. The van der Waals surface area contributed by atoms with Crippen LogP contribution in [0.4, 0.5) is 0 Å². The van der Waals surface area contributed by atoms with Crippen molar-refractivity contribution in [2.45, 2.75) is 57.8 Å². The Morgan fingerprint density at radius 3 is 1.59 bits per heavy atom. The van der Waals surface area contributed by atoms with E-state index in [4.69, 9.17) is 0 Å². The van der Waals surface area contributed by atoms with Crippen LogP contribution in [0.2, 0.25) is 0 Å². The van der Waals surface area contributed by atoms with Gasteiger partial charge in [0.25, 0.3) is 11.8 Å². The molecule has 0 saturated carbocycles. The number of ether oxygens (including phenoxy) is 1. The zero-order valence-corrected chi connectivity index (χ0v) is 28.4. The Balaban J connectivity index is 0.000000221. The van der Waals surface area contributed by atoms with Crippen LogP contribution >= 0.6 is 0 Å². The van der Waals surface area contributed by atoms with Gasteiger partial charge in [0.05, 0.1) is 17.9 Å². The van der Waals surface area contributed by atoms with E-state index in [2.05, 4.69) is 17.9 Å². The Morgan fingerprint density at radius 2 is 1.12 bits per heavy atom. The number of piperidine rings is 2. The molecule has 0 spiro atoms. The molecule has 2 atom stereocenters. The number of hydrogen-bond acceptors (Lipinski definition) is 6. The van der Waals surface area contributed by atoms with Crippen LogP contribution in [0, 0.1) is 10.8 Å². The van der Waals surface area contributed by atoms with Gasteiger partial charge in [0, 0.05) is 30.6 Å². The van der Waals surface area contributed by atoms with E-state index in [0.29, 0.717) is 56.3 Å². The summed E-state index contributed by atoms with van der Waals surface area (Å²) in [4.78, 5) is 66.1. The van der Waals surface area contributed by atoms with Gasteiger partial charge >= 0.3 is 5.97 Å². The summed E-state index contributed by atoms with van der Waals surface area (Å²) in [6.07, 6.45) is 8.65. The van der Waals surface area contributed by atoms with Crippen LogP contribution in [0.5, 0.6) is 0 Å². The Morgan fingerprint density at radius 1 is 0.694 bits per heavy atom. The highest BCUT2D eigenvalue weighted by molar-refractivity contribution is 6.07. The van der Waals surface area contributed by atoms with E-state index in [1.165, 1.54) is 16.9 Å². The van der Waals surface area contributed by atoms with Crippen LogP contribution in [-0.4, -0.2) is 59.6 Å². The maximum atomic E-state index is 13.3. The highest BCUT2D eigenvalue weighted by Gasteiger charge is 2.46. The molecule has 49 heavy (non-hydrogen) atoms. The Kier molecular flexibility index (Phi) is 13.0. The van der Waals surface area contributed by atoms with Crippen molar-refractivity contribution in [3.63, 3.8) is 0 Å². The van der Waals surface area contributed by atoms with Gasteiger partial charge < -0.3 is 4.74 Å². The van der Waals surface area contributed by atoms with E-state index in [1.807, 2.05) is 54.6 Å². The summed E-state index contributed by atoms with van der Waals surface area (Å²) in [5.74, 6) is -1.13. The van der Waals surface area contributed by atoms with E-state index in [9.17, 15) is 24.0 Å². The molecule has 8 nitrogen and oxygen atoms in total. The van der Waals surface area contributed by atoms with Crippen LogP contribution in [-0.2, 0) is 25.5 Å². The molecule has 2 aliphatic rings. The molecule has 2 saturated heterocycles. The summed E-state index contributed by atoms with van der Waals surface area (Å²) in [6, 6.07) is 27.8. The van der Waals surface area contributed by atoms with Crippen molar-refractivity contribution in [1.29, 1.82) is 0 Å². The van der Waals surface area contributed by atoms with E-state index in [0.717, 1.165) is 24.8 Å². The summed E-state index contributed by atoms with van der Waals surface area (Å²) in [5, 5.41) is 0. The number of esters is 1. The molecule has 5 rings (SSSR count). The van der Waals surface area contributed by atoms with Gasteiger partial charge in [0.15, 0.2) is 0 Å². The van der Waals surface area contributed by atoms with Crippen molar-refractivity contribution in [3.8, 4) is 0 Å². The second-order valence-corrected chi connectivity index (χ2v) is 12.7. The van der Waals surface area contributed by atoms with Crippen LogP contribution in [0.25, 0.3) is 0 Å². The topological polar surface area (TPSA) is 101 Å². The maximum absolute atomic E-state index is 13.3. The minimum absolute atomic E-state index is 0.0728. The lowest BCUT2D eigenvalue weighted by atomic mass is 9.72. The number of benzene rings is 3. The van der Waals surface area contributed by atoms with E-state index in [-0.39, 0.29) is 36.0 Å². The molecule has 8 heteroatoms. The molecule has 3 aromatic carbocycles. The number of rotatable bonds is 11. The van der Waals surface area contributed by atoms with Gasteiger partial charge in [-0.3, -0.25) is 33.8 Å². The summed E-state index contributed by atoms with van der Waals surface area (Å²) < 4.78 is 4.69. The minimum atomic E-state index is -0.751. The lowest BCUT2D eigenvalue weighted by Crippen LogP contribution is -2.52. The van der Waals surface area contributed by atoms with Gasteiger partial charge in [-0.15, -0.1) is 13.2 Å². The fourth-order valence-corrected chi connectivity index (χ4v) is 6.93. The molecule has 0 N–H and O–H groups in total. The number of nitrogens with zero attached hydrogens (tertiary/aromatic N) is 2. The van der Waals surface area contributed by atoms with Gasteiger partial charge in [-0.2, -0.15) is 0 Å². The molecular formula is C41H46N2O6. The zero-order chi connectivity index (χ0) is 35.3. The molecule has 0 bridgehead atoms. The van der Waals surface area contributed by atoms with Crippen LogP contribution in [0.15, 0.2) is 116 Å². The molecule has 0 unspecified atom stereocenters. The van der Waals surface area contributed by atoms with Gasteiger partial charge in [-0.1, -0.05) is 78.9 Å². The standard InChI is InChI=1S/C22H23NO2.C19H23NO4/c1-2-14-22(17-18-10-5-3-6-11-18)15-9-16-23(21(22)25)20(24)19-12-7-4-8-13-19;1-3-11-19(13-10-16(21)24-2)12-7-14-20(18(19)23)17(22)15-8-5-4-6-9-15/h2-8,10-13H,1,9,14-17H2;3-6,8-9H,1,7,10-14H2,2H3/t22-;19-/m11/s1. The third kappa shape index (κ3) is 8.87. The van der Waals surface area contributed by atoms with Crippen LogP contribution in [0.3, 0.4) is 0 Å². The van der Waals surface area contributed by atoms with Crippen molar-refractivity contribution in [2.24, 2.45) is 10.8 Å². The lowest BCUT2D eigenvalue weighted by Gasteiger charge is -2.40. The summed E-state index contributed by atoms with van der Waals surface area (Å²) in [7, 11) is 1.33. The summed E-state index contributed by atoms with van der Waals surface area (Å²) in [6.45, 7) is 8.48. The van der Waals surface area contributed by atoms with Crippen molar-refractivity contribution in [3.05, 3.63) is 133 Å². The largest absolute Gasteiger partial charge is 0.469 e. The Labute approximate surface area is 289 Å². The normalized spacial score (nSPS) is 20.4. The number of imide groups is 2. The molecule has 0 radical (unpaired) electrons. The quantitative estimate of drug-likeness (QED) is 0.122. The fraction of sp³-hybridized carbons (Fsp3) is 0.341. The highest BCUT2D eigenvalue weighted by atomic mass is 16.5. The van der Waals surface area contributed by atoms with Gasteiger partial charge in [0.2, 0.25) is 11.8 Å². The number of likely N-dealkylation sites (tertiary alicyclic amines) is 2. The van der Waals surface area contributed by atoms with E-state index >= 15 is 0 Å². The van der Waals surface area contributed by atoms with Crippen LogP contribution in [0.1, 0.15) is 77.6 Å². The second kappa shape index (κ2) is 17.3. The van der Waals surface area contributed by atoms with Gasteiger partial charge in [0.1, 0.15) is 0 Å². The molecule has 4 amide bonds. The third-order valence-corrected chi connectivity index (χ3v) is 9.49. The molecule has 2 aliphatic heterocycles. The fourth-order valence-electron chi connectivity index (χ4n) is 6.93. The average Bonchev–Trinajstić information content (AvgIpc) is 3.14. The molecule has 256 valence electrons. The first kappa shape index (κ1) is 36.7. The first-order valence-electron chi connectivity index (χ1n) is 16.9. The molecular weight excluding hydrogens is 616 g/mol. The number of amides is 4. The van der Waals surface area contributed by atoms with Crippen molar-refractivity contribution in [1.82, 2.24) is 9.80 Å². The molecule has 2 fully saturated rings. The number of carbonyl (C=O) groups is 5. The monoisotopic (exact) mass is 662 g/mol. The van der Waals surface area contributed by atoms with Crippen molar-refractivity contribution < 1.29 is 28.7 Å². The lowest BCUT2D eigenvalue weighted by molar-refractivity contribution is -0.146. The minimum Gasteiger partial charge on any atom is -0.469 e. The molecule has 3 aromatic rings. The van der Waals surface area contributed by atoms with Crippen molar-refractivity contribution in [2.75, 3.05) is 20.2 Å². The first-order valence-corrected chi connectivity index (χ1v) is 16.9. The van der Waals surface area contributed by atoms with Crippen molar-refractivity contribution >= 4 is 29.6 Å².